The van der Waals surface area contributed by atoms with E-state index in [1.165, 1.54) is 17.2 Å². The highest BCUT2D eigenvalue weighted by Crippen LogP contribution is 1.98. The van der Waals surface area contributed by atoms with Crippen molar-refractivity contribution in [1.82, 2.24) is 10.1 Å². The normalized spacial score (nSPS) is 9.83. The summed E-state index contributed by atoms with van der Waals surface area (Å²) < 4.78 is 4.50. The smallest absolute Gasteiger partial charge is 0.275 e. The van der Waals surface area contributed by atoms with E-state index < -0.39 is 0 Å². The number of carbonyl (C=O) groups is 1. The zero-order chi connectivity index (χ0) is 8.97. The van der Waals surface area contributed by atoms with Crippen LogP contribution in [0.25, 0.3) is 0 Å². The lowest BCUT2D eigenvalue weighted by Crippen LogP contribution is -2.29. The van der Waals surface area contributed by atoms with Crippen molar-refractivity contribution in [3.8, 4) is 0 Å². The van der Waals surface area contributed by atoms with Crippen LogP contribution in [0.2, 0.25) is 0 Å². The highest BCUT2D eigenvalue weighted by molar-refractivity contribution is 5.91. The largest absolute Gasteiger partial charge is 0.395 e. The minimum atomic E-state index is -0.252. The molecule has 1 heterocycles. The average Bonchev–Trinajstić information content (AvgIpc) is 2.55. The molecular formula is C7H10N2O3. The van der Waals surface area contributed by atoms with Gasteiger partial charge in [-0.15, -0.1) is 0 Å². The number of hydrogen-bond donors (Lipinski definition) is 1. The Bertz CT molecular complexity index is 245. The molecule has 0 atom stereocenters. The van der Waals surface area contributed by atoms with Gasteiger partial charge in [-0.2, -0.15) is 0 Å². The van der Waals surface area contributed by atoms with E-state index >= 15 is 0 Å². The summed E-state index contributed by atoms with van der Waals surface area (Å²) in [6.07, 6.45) is 1.33. The summed E-state index contributed by atoms with van der Waals surface area (Å²) in [6.45, 7) is 0.242. The Morgan fingerprint density at radius 1 is 1.83 bits per heavy atom. The standard InChI is InChI=1S/C7H10N2O3/c1-9(3-4-10)7(11)6-2-5-12-8-6/h2,5,10H,3-4H2,1H3. The third kappa shape index (κ3) is 1.82. The van der Waals surface area contributed by atoms with Crippen molar-refractivity contribution in [2.24, 2.45) is 0 Å². The van der Waals surface area contributed by atoms with Gasteiger partial charge >= 0.3 is 0 Å². The van der Waals surface area contributed by atoms with Crippen LogP contribution in [-0.2, 0) is 0 Å². The molecule has 0 radical (unpaired) electrons. The molecule has 5 heteroatoms. The molecule has 1 rings (SSSR count). The maximum atomic E-state index is 11.3. The number of amides is 1. The lowest BCUT2D eigenvalue weighted by molar-refractivity contribution is 0.0756. The first-order valence-electron chi connectivity index (χ1n) is 3.52. The van der Waals surface area contributed by atoms with Crippen LogP contribution in [0.5, 0.6) is 0 Å². The number of rotatable bonds is 3. The fourth-order valence-electron chi connectivity index (χ4n) is 0.770. The number of aromatic nitrogens is 1. The Kier molecular flexibility index (Phi) is 2.82. The monoisotopic (exact) mass is 170 g/mol. The van der Waals surface area contributed by atoms with Gasteiger partial charge < -0.3 is 14.5 Å². The molecule has 1 aromatic heterocycles. The van der Waals surface area contributed by atoms with Crippen LogP contribution in [0.15, 0.2) is 16.9 Å². The molecular weight excluding hydrogens is 160 g/mol. The predicted octanol–water partition coefficient (Wildman–Crippen LogP) is -0.261. The fourth-order valence-corrected chi connectivity index (χ4v) is 0.770. The van der Waals surface area contributed by atoms with E-state index in [4.69, 9.17) is 5.11 Å². The number of aliphatic hydroxyl groups is 1. The van der Waals surface area contributed by atoms with Crippen molar-refractivity contribution in [3.63, 3.8) is 0 Å². The van der Waals surface area contributed by atoms with Gasteiger partial charge in [0.25, 0.3) is 5.91 Å². The van der Waals surface area contributed by atoms with Crippen LogP contribution in [0, 0.1) is 0 Å². The van der Waals surface area contributed by atoms with E-state index in [1.807, 2.05) is 0 Å². The summed E-state index contributed by atoms with van der Waals surface area (Å²) in [7, 11) is 1.59. The Morgan fingerprint density at radius 3 is 3.08 bits per heavy atom. The molecule has 0 saturated heterocycles. The number of aliphatic hydroxyl groups excluding tert-OH is 1. The minimum absolute atomic E-state index is 0.0555. The lowest BCUT2D eigenvalue weighted by atomic mass is 10.4. The van der Waals surface area contributed by atoms with Crippen molar-refractivity contribution in [2.75, 3.05) is 20.2 Å². The number of carbonyl (C=O) groups excluding carboxylic acids is 1. The molecule has 0 aliphatic carbocycles. The topological polar surface area (TPSA) is 66.6 Å². The van der Waals surface area contributed by atoms with Gasteiger partial charge in [0.2, 0.25) is 0 Å². The first-order chi connectivity index (χ1) is 5.75. The second-order valence-corrected chi connectivity index (χ2v) is 2.34. The Balaban J connectivity index is 2.59. The minimum Gasteiger partial charge on any atom is -0.395 e. The van der Waals surface area contributed by atoms with Crippen LogP contribution in [-0.4, -0.2) is 41.3 Å². The molecule has 1 N–H and O–H groups in total. The van der Waals surface area contributed by atoms with Gasteiger partial charge in [0.15, 0.2) is 5.69 Å². The summed E-state index contributed by atoms with van der Waals surface area (Å²) in [5, 5.41) is 12.0. The Morgan fingerprint density at radius 2 is 2.58 bits per heavy atom. The van der Waals surface area contributed by atoms with E-state index in [1.54, 1.807) is 7.05 Å². The van der Waals surface area contributed by atoms with E-state index in [2.05, 4.69) is 9.68 Å². The van der Waals surface area contributed by atoms with Crippen molar-refractivity contribution >= 4 is 5.91 Å². The van der Waals surface area contributed by atoms with Gasteiger partial charge in [-0.05, 0) is 0 Å². The van der Waals surface area contributed by atoms with Crippen molar-refractivity contribution in [1.29, 1.82) is 0 Å². The van der Waals surface area contributed by atoms with Gasteiger partial charge in [0, 0.05) is 19.7 Å². The van der Waals surface area contributed by atoms with Crippen molar-refractivity contribution in [2.45, 2.75) is 0 Å². The fraction of sp³-hybridized carbons (Fsp3) is 0.429. The average molecular weight is 170 g/mol. The van der Waals surface area contributed by atoms with E-state index in [0.717, 1.165) is 0 Å². The highest BCUT2D eigenvalue weighted by atomic mass is 16.5. The Hall–Kier alpha value is -1.36. The molecule has 0 saturated carbocycles. The molecule has 0 aliphatic rings. The maximum Gasteiger partial charge on any atom is 0.275 e. The molecule has 66 valence electrons. The van der Waals surface area contributed by atoms with Crippen LogP contribution >= 0.6 is 0 Å². The van der Waals surface area contributed by atoms with Crippen LogP contribution in [0.1, 0.15) is 10.5 Å². The molecule has 0 aromatic carbocycles. The SMILES string of the molecule is CN(CCO)C(=O)c1ccon1. The van der Waals surface area contributed by atoms with Gasteiger partial charge in [-0.3, -0.25) is 4.79 Å². The summed E-state index contributed by atoms with van der Waals surface area (Å²) in [5.41, 5.74) is 0.256. The summed E-state index contributed by atoms with van der Waals surface area (Å²) in [6, 6.07) is 1.48. The van der Waals surface area contributed by atoms with E-state index in [9.17, 15) is 4.79 Å². The molecule has 5 nitrogen and oxygen atoms in total. The number of nitrogens with zero attached hydrogens (tertiary/aromatic N) is 2. The maximum absolute atomic E-state index is 11.3. The van der Waals surface area contributed by atoms with Crippen molar-refractivity contribution in [3.05, 3.63) is 18.0 Å². The van der Waals surface area contributed by atoms with Crippen LogP contribution < -0.4 is 0 Å². The summed E-state index contributed by atoms with van der Waals surface area (Å²) in [5.74, 6) is -0.252. The number of hydrogen-bond acceptors (Lipinski definition) is 4. The van der Waals surface area contributed by atoms with Crippen molar-refractivity contribution < 1.29 is 14.4 Å². The van der Waals surface area contributed by atoms with E-state index in [-0.39, 0.29) is 18.2 Å². The molecule has 0 bridgehead atoms. The molecule has 1 aromatic rings. The summed E-state index contributed by atoms with van der Waals surface area (Å²) in [4.78, 5) is 12.7. The van der Waals surface area contributed by atoms with Gasteiger partial charge in [-0.25, -0.2) is 0 Å². The first kappa shape index (κ1) is 8.73. The summed E-state index contributed by atoms with van der Waals surface area (Å²) >= 11 is 0. The predicted molar refractivity (Wildman–Crippen MR) is 40.5 cm³/mol. The number of likely N-dealkylation sites (N-methyl/N-ethyl adjacent to an activating group) is 1. The van der Waals surface area contributed by atoms with E-state index in [0.29, 0.717) is 6.54 Å². The second kappa shape index (κ2) is 3.87. The Labute approximate surface area is 69.6 Å². The quantitative estimate of drug-likeness (QED) is 0.678. The lowest BCUT2D eigenvalue weighted by Gasteiger charge is -2.12. The second-order valence-electron chi connectivity index (χ2n) is 2.34. The molecule has 1 amide bonds. The van der Waals surface area contributed by atoms with Gasteiger partial charge in [0.05, 0.1) is 6.61 Å². The van der Waals surface area contributed by atoms with Crippen LogP contribution in [0.4, 0.5) is 0 Å². The van der Waals surface area contributed by atoms with Gasteiger partial charge in [-0.1, -0.05) is 5.16 Å². The molecule has 0 unspecified atom stereocenters. The molecule has 0 fully saturated rings. The highest BCUT2D eigenvalue weighted by Gasteiger charge is 2.13. The molecule has 0 aliphatic heterocycles. The third-order valence-electron chi connectivity index (χ3n) is 1.44. The molecule has 12 heavy (non-hydrogen) atoms. The zero-order valence-corrected chi connectivity index (χ0v) is 6.73. The zero-order valence-electron chi connectivity index (χ0n) is 6.73. The van der Waals surface area contributed by atoms with Gasteiger partial charge in [0.1, 0.15) is 6.26 Å². The van der Waals surface area contributed by atoms with Crippen LogP contribution in [0.3, 0.4) is 0 Å². The third-order valence-corrected chi connectivity index (χ3v) is 1.44. The molecule has 0 spiro atoms. The first-order valence-corrected chi connectivity index (χ1v) is 3.52.